The van der Waals surface area contributed by atoms with Gasteiger partial charge in [0.05, 0.1) is 17.9 Å². The first kappa shape index (κ1) is 21.7. The van der Waals surface area contributed by atoms with Gasteiger partial charge in [-0.3, -0.25) is 19.3 Å². The van der Waals surface area contributed by atoms with Crippen LogP contribution in [0.3, 0.4) is 0 Å². The fourth-order valence-electron chi connectivity index (χ4n) is 2.26. The van der Waals surface area contributed by atoms with Gasteiger partial charge in [0.1, 0.15) is 5.75 Å². The van der Waals surface area contributed by atoms with Crippen LogP contribution < -0.4 is 10.1 Å². The first-order chi connectivity index (χ1) is 13.3. The normalized spacial score (nSPS) is 14.9. The van der Waals surface area contributed by atoms with E-state index >= 15 is 0 Å². The van der Waals surface area contributed by atoms with Crippen molar-refractivity contribution < 1.29 is 28.7 Å². The number of ether oxygens (including phenoxy) is 2. The van der Waals surface area contributed by atoms with Crippen molar-refractivity contribution in [3.8, 4) is 5.75 Å². The summed E-state index contributed by atoms with van der Waals surface area (Å²) in [6.45, 7) is 6.30. The van der Waals surface area contributed by atoms with Crippen LogP contribution in [0.15, 0.2) is 24.3 Å². The van der Waals surface area contributed by atoms with Crippen LogP contribution in [-0.4, -0.2) is 59.5 Å². The van der Waals surface area contributed by atoms with Gasteiger partial charge in [-0.25, -0.2) is 4.79 Å². The number of thioether (sulfide) groups is 1. The molecule has 28 heavy (non-hydrogen) atoms. The minimum Gasteiger partial charge on any atom is -0.493 e. The molecule has 1 atom stereocenters. The highest BCUT2D eigenvalue weighted by Gasteiger charge is 2.29. The maximum absolute atomic E-state index is 12.2. The van der Waals surface area contributed by atoms with Gasteiger partial charge in [-0.1, -0.05) is 25.6 Å². The molecular formula is C19H24N2O6S. The summed E-state index contributed by atoms with van der Waals surface area (Å²) in [6, 6.07) is 6.49. The molecule has 2 rings (SSSR count). The lowest BCUT2D eigenvalue weighted by molar-refractivity contribution is -0.130. The molecule has 0 bridgehead atoms. The van der Waals surface area contributed by atoms with Gasteiger partial charge in [0.15, 0.2) is 6.10 Å². The summed E-state index contributed by atoms with van der Waals surface area (Å²) in [5, 5.41) is 2.23. The number of hydrogen-bond donors (Lipinski definition) is 1. The minimum absolute atomic E-state index is 0.0922. The Morgan fingerprint density at radius 3 is 2.43 bits per heavy atom. The molecule has 1 fully saturated rings. The van der Waals surface area contributed by atoms with Crippen LogP contribution in [0.1, 0.15) is 31.1 Å². The molecule has 1 aliphatic rings. The van der Waals surface area contributed by atoms with E-state index in [9.17, 15) is 19.2 Å². The molecule has 1 N–H and O–H groups in total. The average Bonchev–Trinajstić information content (AvgIpc) is 2.98. The monoisotopic (exact) mass is 408 g/mol. The van der Waals surface area contributed by atoms with E-state index in [1.165, 1.54) is 6.92 Å². The van der Waals surface area contributed by atoms with Crippen LogP contribution >= 0.6 is 11.8 Å². The van der Waals surface area contributed by atoms with Gasteiger partial charge in [-0.05, 0) is 37.1 Å². The van der Waals surface area contributed by atoms with Crippen LogP contribution in [0.5, 0.6) is 5.75 Å². The molecule has 152 valence electrons. The predicted molar refractivity (Wildman–Crippen MR) is 104 cm³/mol. The van der Waals surface area contributed by atoms with E-state index in [0.717, 1.165) is 16.7 Å². The van der Waals surface area contributed by atoms with Crippen LogP contribution in [0.2, 0.25) is 0 Å². The second kappa shape index (κ2) is 10.1. The molecule has 3 amide bonds. The molecule has 8 nitrogen and oxygen atoms in total. The molecule has 1 saturated heterocycles. The number of nitrogens with zero attached hydrogens (tertiary/aromatic N) is 1. The van der Waals surface area contributed by atoms with E-state index in [0.29, 0.717) is 23.8 Å². The third-order valence-electron chi connectivity index (χ3n) is 3.80. The van der Waals surface area contributed by atoms with Crippen molar-refractivity contribution in [1.82, 2.24) is 10.2 Å². The summed E-state index contributed by atoms with van der Waals surface area (Å²) in [6.07, 6.45) is -1.01. The van der Waals surface area contributed by atoms with Crippen molar-refractivity contribution >= 4 is 34.8 Å². The standard InChI is InChI=1S/C19H24N2O6S/c1-12(2)10-26-15-6-4-14(5-7-15)18(24)27-13(3)17(23)20-8-9-21-16(22)11-28-19(21)25/h4-7,12-13H,8-11H2,1-3H3,(H,20,23)/t13-/m0/s1. The maximum atomic E-state index is 12.2. The quantitative estimate of drug-likeness (QED) is 0.624. The van der Waals surface area contributed by atoms with Crippen molar-refractivity contribution in [2.24, 2.45) is 5.92 Å². The number of esters is 1. The predicted octanol–water partition coefficient (Wildman–Crippen LogP) is 2.08. The zero-order valence-corrected chi connectivity index (χ0v) is 16.9. The molecule has 0 aromatic heterocycles. The molecule has 0 aliphatic carbocycles. The van der Waals surface area contributed by atoms with Gasteiger partial charge in [0, 0.05) is 13.1 Å². The van der Waals surface area contributed by atoms with E-state index in [2.05, 4.69) is 5.32 Å². The Labute approximate surface area is 167 Å². The molecule has 1 heterocycles. The van der Waals surface area contributed by atoms with Crippen molar-refractivity contribution in [2.75, 3.05) is 25.4 Å². The van der Waals surface area contributed by atoms with Gasteiger partial charge in [-0.2, -0.15) is 0 Å². The van der Waals surface area contributed by atoms with E-state index in [-0.39, 0.29) is 30.0 Å². The highest BCUT2D eigenvalue weighted by molar-refractivity contribution is 8.14. The first-order valence-electron chi connectivity index (χ1n) is 8.96. The van der Waals surface area contributed by atoms with E-state index in [1.54, 1.807) is 24.3 Å². The number of imide groups is 1. The molecule has 0 radical (unpaired) electrons. The maximum Gasteiger partial charge on any atom is 0.338 e. The summed E-state index contributed by atoms with van der Waals surface area (Å²) in [5.74, 6) is -0.229. The van der Waals surface area contributed by atoms with Gasteiger partial charge in [-0.15, -0.1) is 0 Å². The second-order valence-electron chi connectivity index (χ2n) is 6.67. The second-order valence-corrected chi connectivity index (χ2v) is 7.59. The minimum atomic E-state index is -1.01. The molecule has 1 aliphatic heterocycles. The van der Waals surface area contributed by atoms with Crippen molar-refractivity contribution in [2.45, 2.75) is 26.9 Å². The number of nitrogens with one attached hydrogen (secondary N) is 1. The number of hydrogen-bond acceptors (Lipinski definition) is 7. The molecule has 0 unspecified atom stereocenters. The molecule has 0 spiro atoms. The Morgan fingerprint density at radius 2 is 1.86 bits per heavy atom. The molecule has 0 saturated carbocycles. The zero-order chi connectivity index (χ0) is 20.7. The van der Waals surface area contributed by atoms with Gasteiger partial charge < -0.3 is 14.8 Å². The highest BCUT2D eigenvalue weighted by Crippen LogP contribution is 2.18. The smallest absolute Gasteiger partial charge is 0.338 e. The Kier molecular flexibility index (Phi) is 7.86. The third-order valence-corrected chi connectivity index (χ3v) is 4.66. The van der Waals surface area contributed by atoms with Gasteiger partial charge in [0.25, 0.3) is 11.1 Å². The number of carbonyl (C=O) groups is 4. The fraction of sp³-hybridized carbons (Fsp3) is 0.474. The highest BCUT2D eigenvalue weighted by atomic mass is 32.2. The number of benzene rings is 1. The molecule has 1 aromatic rings. The molecule has 9 heteroatoms. The summed E-state index contributed by atoms with van der Waals surface area (Å²) in [4.78, 5) is 48.3. The van der Waals surface area contributed by atoms with E-state index < -0.39 is 18.0 Å². The van der Waals surface area contributed by atoms with Crippen LogP contribution in [0, 0.1) is 5.92 Å². The number of rotatable bonds is 9. The summed E-state index contributed by atoms with van der Waals surface area (Å²) in [5.41, 5.74) is 0.307. The van der Waals surface area contributed by atoms with Crippen molar-refractivity contribution in [1.29, 1.82) is 0 Å². The van der Waals surface area contributed by atoms with Crippen molar-refractivity contribution in [3.05, 3.63) is 29.8 Å². The summed E-state index contributed by atoms with van der Waals surface area (Å²) < 4.78 is 10.7. The van der Waals surface area contributed by atoms with Crippen LogP contribution in [-0.2, 0) is 14.3 Å². The SMILES string of the molecule is CC(C)COc1ccc(C(=O)O[C@@H](C)C(=O)NCCN2C(=O)CSC2=O)cc1. The summed E-state index contributed by atoms with van der Waals surface area (Å²) >= 11 is 0.936. The zero-order valence-electron chi connectivity index (χ0n) is 16.1. The van der Waals surface area contributed by atoms with Crippen LogP contribution in [0.4, 0.5) is 4.79 Å². The Bertz CT molecular complexity index is 718. The topological polar surface area (TPSA) is 102 Å². The van der Waals surface area contributed by atoms with E-state index in [4.69, 9.17) is 9.47 Å². The molecule has 1 aromatic carbocycles. The molecular weight excluding hydrogens is 384 g/mol. The van der Waals surface area contributed by atoms with Crippen LogP contribution in [0.25, 0.3) is 0 Å². The lowest BCUT2D eigenvalue weighted by Gasteiger charge is -2.16. The van der Waals surface area contributed by atoms with Crippen molar-refractivity contribution in [3.63, 3.8) is 0 Å². The lowest BCUT2D eigenvalue weighted by atomic mass is 10.2. The Balaban J connectivity index is 1.77. The van der Waals surface area contributed by atoms with Gasteiger partial charge in [0.2, 0.25) is 5.91 Å². The Morgan fingerprint density at radius 1 is 1.18 bits per heavy atom. The first-order valence-corrected chi connectivity index (χ1v) is 9.95. The Hall–Kier alpha value is -2.55. The third kappa shape index (κ3) is 6.26. The fourth-order valence-corrected chi connectivity index (χ4v) is 3.02. The average molecular weight is 408 g/mol. The largest absolute Gasteiger partial charge is 0.493 e. The van der Waals surface area contributed by atoms with E-state index in [1.807, 2.05) is 13.8 Å². The number of carbonyl (C=O) groups excluding carboxylic acids is 4. The lowest BCUT2D eigenvalue weighted by Crippen LogP contribution is -2.41. The summed E-state index contributed by atoms with van der Waals surface area (Å²) in [7, 11) is 0. The van der Waals surface area contributed by atoms with Gasteiger partial charge >= 0.3 is 5.97 Å². The number of amides is 3.